The molecule has 1 N–H and O–H groups in total. The molecule has 0 bridgehead atoms. The number of aromatic amines is 1. The average Bonchev–Trinajstić information content (AvgIpc) is 2.74. The molecule has 4 heteroatoms. The summed E-state index contributed by atoms with van der Waals surface area (Å²) in [5.41, 5.74) is 0.259. The highest BCUT2D eigenvalue weighted by atomic mass is 16.5. The molecule has 1 aromatic heterocycles. The third kappa shape index (κ3) is 3.96. The number of piperidine rings is 1. The molecule has 0 spiro atoms. The highest BCUT2D eigenvalue weighted by Gasteiger charge is 2.29. The molecule has 0 aromatic carbocycles. The molecule has 2 heterocycles. The van der Waals surface area contributed by atoms with E-state index in [1.54, 1.807) is 6.07 Å². The van der Waals surface area contributed by atoms with Crippen LogP contribution in [0.25, 0.3) is 0 Å². The number of nitrogens with one attached hydrogen (secondary N) is 1. The van der Waals surface area contributed by atoms with Crippen LogP contribution in [0.4, 0.5) is 0 Å². The Kier molecular flexibility index (Phi) is 4.19. The van der Waals surface area contributed by atoms with Crippen LogP contribution in [-0.2, 0) is 0 Å². The molecule has 108 valence electrons. The molecule has 1 saturated heterocycles. The van der Waals surface area contributed by atoms with Gasteiger partial charge in [-0.25, -0.2) is 0 Å². The fraction of sp³-hybridized carbons (Fsp3) is 0.800. The van der Waals surface area contributed by atoms with Crippen LogP contribution < -0.4 is 5.56 Å². The van der Waals surface area contributed by atoms with Gasteiger partial charge in [0.15, 0.2) is 0 Å². The number of nitrogens with zero attached hydrogens (tertiary/aromatic N) is 1. The summed E-state index contributed by atoms with van der Waals surface area (Å²) in [6, 6.07) is 2.20. The van der Waals surface area contributed by atoms with Crippen LogP contribution in [0, 0.1) is 5.41 Å². The second kappa shape index (κ2) is 5.53. The number of hydrogen-bond acceptors (Lipinski definition) is 3. The van der Waals surface area contributed by atoms with Crippen molar-refractivity contribution in [2.45, 2.75) is 58.4 Å². The Morgan fingerprint density at radius 1 is 1.47 bits per heavy atom. The number of rotatable bonds is 3. The largest absolute Gasteiger partial charge is 0.383 e. The first-order valence-corrected chi connectivity index (χ1v) is 7.24. The molecule has 1 aromatic rings. The Morgan fingerprint density at radius 3 is 2.79 bits per heavy atom. The maximum atomic E-state index is 11.2. The summed E-state index contributed by atoms with van der Waals surface area (Å²) in [6.45, 7) is 7.95. The average molecular weight is 266 g/mol. The minimum absolute atomic E-state index is 0.125. The summed E-state index contributed by atoms with van der Waals surface area (Å²) in [4.78, 5) is 13.6. The van der Waals surface area contributed by atoms with Crippen molar-refractivity contribution < 1.29 is 4.52 Å². The van der Waals surface area contributed by atoms with Crippen molar-refractivity contribution in [3.05, 3.63) is 22.2 Å². The quantitative estimate of drug-likeness (QED) is 0.915. The van der Waals surface area contributed by atoms with Gasteiger partial charge < -0.3 is 9.42 Å². The summed E-state index contributed by atoms with van der Waals surface area (Å²) in [7, 11) is 2.21. The summed E-state index contributed by atoms with van der Waals surface area (Å²) in [6.07, 6.45) is 4.60. The first kappa shape index (κ1) is 14.4. The number of H-pyrrole nitrogens is 1. The smallest absolute Gasteiger partial charge is 0.280 e. The van der Waals surface area contributed by atoms with E-state index in [1.165, 1.54) is 12.8 Å². The summed E-state index contributed by atoms with van der Waals surface area (Å²) >= 11 is 0. The van der Waals surface area contributed by atoms with Gasteiger partial charge in [0.25, 0.3) is 5.56 Å². The zero-order valence-electron chi connectivity index (χ0n) is 12.5. The highest BCUT2D eigenvalue weighted by Crippen LogP contribution is 2.33. The maximum Gasteiger partial charge on any atom is 0.280 e. The van der Waals surface area contributed by atoms with E-state index in [1.807, 2.05) is 0 Å². The van der Waals surface area contributed by atoms with Crippen molar-refractivity contribution in [1.82, 2.24) is 10.1 Å². The second-order valence-corrected chi connectivity index (χ2v) is 7.07. The van der Waals surface area contributed by atoms with Crippen LogP contribution in [0.1, 0.15) is 58.1 Å². The topological polar surface area (TPSA) is 49.2 Å². The Balaban J connectivity index is 1.98. The third-order valence-corrected chi connectivity index (χ3v) is 4.18. The van der Waals surface area contributed by atoms with Gasteiger partial charge in [-0.15, -0.1) is 0 Å². The zero-order chi connectivity index (χ0) is 14.0. The molecule has 1 fully saturated rings. The van der Waals surface area contributed by atoms with Crippen molar-refractivity contribution in [1.29, 1.82) is 0 Å². The molecule has 0 aliphatic carbocycles. The lowest BCUT2D eigenvalue weighted by Crippen LogP contribution is -2.39. The predicted octanol–water partition coefficient (Wildman–Crippen LogP) is 2.97. The Hall–Kier alpha value is -1.03. The Bertz CT molecular complexity index is 455. The highest BCUT2D eigenvalue weighted by molar-refractivity contribution is 5.05. The summed E-state index contributed by atoms with van der Waals surface area (Å²) in [5, 5.41) is 2.40. The lowest BCUT2D eigenvalue weighted by molar-refractivity contribution is 0.136. The summed E-state index contributed by atoms with van der Waals surface area (Å²) in [5.74, 6) is 1.22. The van der Waals surface area contributed by atoms with Crippen molar-refractivity contribution in [2.24, 2.45) is 5.41 Å². The van der Waals surface area contributed by atoms with Gasteiger partial charge in [-0.05, 0) is 44.7 Å². The molecule has 19 heavy (non-hydrogen) atoms. The van der Waals surface area contributed by atoms with Gasteiger partial charge in [0.2, 0.25) is 0 Å². The predicted molar refractivity (Wildman–Crippen MR) is 76.4 cm³/mol. The van der Waals surface area contributed by atoms with Crippen molar-refractivity contribution in [3.8, 4) is 0 Å². The van der Waals surface area contributed by atoms with E-state index in [9.17, 15) is 4.79 Å². The standard InChI is InChI=1S/C15H26N2O2/c1-15(2,3)7-5-12-9-11(6-8-17(12)4)13-10-14(18)16-19-13/h10-12H,5-9H2,1-4H3,(H,16,18)/t11-,12-/m0/s1. The molecule has 4 nitrogen and oxygen atoms in total. The lowest BCUT2D eigenvalue weighted by atomic mass is 9.83. The molecule has 0 saturated carbocycles. The van der Waals surface area contributed by atoms with E-state index in [0.717, 1.165) is 25.1 Å². The Labute approximate surface area is 115 Å². The van der Waals surface area contributed by atoms with Crippen LogP contribution in [0.2, 0.25) is 0 Å². The first-order valence-electron chi connectivity index (χ1n) is 7.24. The third-order valence-electron chi connectivity index (χ3n) is 4.18. The first-order chi connectivity index (χ1) is 8.85. The summed E-state index contributed by atoms with van der Waals surface area (Å²) < 4.78 is 5.28. The molecule has 1 aliphatic heterocycles. The van der Waals surface area contributed by atoms with Crippen LogP contribution in [0.15, 0.2) is 15.4 Å². The maximum absolute atomic E-state index is 11.2. The van der Waals surface area contributed by atoms with Gasteiger partial charge in [-0.2, -0.15) is 5.16 Å². The van der Waals surface area contributed by atoms with Crippen LogP contribution in [0.5, 0.6) is 0 Å². The van der Waals surface area contributed by atoms with Crippen molar-refractivity contribution in [2.75, 3.05) is 13.6 Å². The second-order valence-electron chi connectivity index (χ2n) is 7.07. The van der Waals surface area contributed by atoms with Gasteiger partial charge in [-0.3, -0.25) is 4.79 Å². The minimum atomic E-state index is -0.125. The molecule has 2 atom stereocenters. The van der Waals surface area contributed by atoms with Crippen LogP contribution >= 0.6 is 0 Å². The van der Waals surface area contributed by atoms with Crippen molar-refractivity contribution in [3.63, 3.8) is 0 Å². The molecule has 0 radical (unpaired) electrons. The van der Waals surface area contributed by atoms with Gasteiger partial charge >= 0.3 is 0 Å². The van der Waals surface area contributed by atoms with E-state index < -0.39 is 0 Å². The van der Waals surface area contributed by atoms with Crippen molar-refractivity contribution >= 4 is 0 Å². The molecule has 2 rings (SSSR count). The molecule has 0 amide bonds. The minimum Gasteiger partial charge on any atom is -0.383 e. The van der Waals surface area contributed by atoms with E-state index in [4.69, 9.17) is 4.52 Å². The molecule has 0 unspecified atom stereocenters. The van der Waals surface area contributed by atoms with E-state index >= 15 is 0 Å². The SMILES string of the molecule is CN1CC[C@H](c2cc(=O)[nH]o2)C[C@@H]1CCC(C)(C)C. The van der Waals surface area contributed by atoms with E-state index in [-0.39, 0.29) is 5.56 Å². The normalized spacial score (nSPS) is 25.7. The van der Waals surface area contributed by atoms with Gasteiger partial charge in [-0.1, -0.05) is 20.8 Å². The number of hydrogen-bond donors (Lipinski definition) is 1. The zero-order valence-corrected chi connectivity index (χ0v) is 12.5. The van der Waals surface area contributed by atoms with E-state index in [0.29, 0.717) is 17.4 Å². The van der Waals surface area contributed by atoms with Gasteiger partial charge in [0, 0.05) is 18.0 Å². The molecular weight excluding hydrogens is 240 g/mol. The fourth-order valence-electron chi connectivity index (χ4n) is 2.86. The number of aromatic nitrogens is 1. The lowest BCUT2D eigenvalue weighted by Gasteiger charge is -2.37. The number of likely N-dealkylation sites (tertiary alicyclic amines) is 1. The Morgan fingerprint density at radius 2 is 2.21 bits per heavy atom. The fourth-order valence-corrected chi connectivity index (χ4v) is 2.86. The van der Waals surface area contributed by atoms with Crippen LogP contribution in [-0.4, -0.2) is 29.7 Å². The van der Waals surface area contributed by atoms with Crippen LogP contribution in [0.3, 0.4) is 0 Å². The van der Waals surface area contributed by atoms with Gasteiger partial charge in [0.1, 0.15) is 5.76 Å². The monoisotopic (exact) mass is 266 g/mol. The molecular formula is C15H26N2O2. The molecule has 1 aliphatic rings. The van der Waals surface area contributed by atoms with Gasteiger partial charge in [0.05, 0.1) is 0 Å². The van der Waals surface area contributed by atoms with E-state index in [2.05, 4.69) is 37.9 Å².